The maximum atomic E-state index is 12.1. The highest BCUT2D eigenvalue weighted by Crippen LogP contribution is 2.29. The molecule has 19 heavy (non-hydrogen) atoms. The molecular formula is C12H20N2O5. The molecule has 0 aromatic carbocycles. The molecule has 0 aromatic heterocycles. The minimum absolute atomic E-state index is 0.145. The van der Waals surface area contributed by atoms with Crippen molar-refractivity contribution < 1.29 is 24.9 Å². The van der Waals surface area contributed by atoms with E-state index >= 15 is 0 Å². The van der Waals surface area contributed by atoms with Gasteiger partial charge < -0.3 is 20.1 Å². The van der Waals surface area contributed by atoms with Crippen molar-refractivity contribution in [3.05, 3.63) is 0 Å². The third kappa shape index (κ3) is 3.35. The Balaban J connectivity index is 2.98. The Kier molecular flexibility index (Phi) is 4.74. The van der Waals surface area contributed by atoms with E-state index in [1.807, 2.05) is 6.07 Å². The van der Waals surface area contributed by atoms with Crippen LogP contribution in [0.2, 0.25) is 0 Å². The van der Waals surface area contributed by atoms with Crippen LogP contribution in [-0.4, -0.2) is 62.8 Å². The Labute approximate surface area is 112 Å². The molecule has 0 bridgehead atoms. The normalized spacial score (nSPS) is 31.1. The molecule has 1 fully saturated rings. The number of nitriles is 1. The molecule has 0 aliphatic carbocycles. The van der Waals surface area contributed by atoms with Crippen LogP contribution in [0.25, 0.3) is 0 Å². The third-order valence-electron chi connectivity index (χ3n) is 2.94. The highest BCUT2D eigenvalue weighted by atomic mass is 16.6. The molecule has 4 atom stereocenters. The topological polar surface area (TPSA) is 114 Å². The monoisotopic (exact) mass is 272 g/mol. The zero-order valence-electron chi connectivity index (χ0n) is 11.3. The van der Waals surface area contributed by atoms with E-state index in [4.69, 9.17) is 10.00 Å². The molecule has 0 spiro atoms. The molecule has 1 amide bonds. The van der Waals surface area contributed by atoms with Crippen molar-refractivity contribution in [1.82, 2.24) is 4.90 Å². The van der Waals surface area contributed by atoms with E-state index in [0.717, 1.165) is 4.90 Å². The van der Waals surface area contributed by atoms with Gasteiger partial charge in [-0.3, -0.25) is 4.90 Å². The molecule has 1 saturated heterocycles. The quantitative estimate of drug-likeness (QED) is 0.630. The minimum atomic E-state index is -1.30. The van der Waals surface area contributed by atoms with Gasteiger partial charge in [0.2, 0.25) is 0 Å². The van der Waals surface area contributed by atoms with E-state index in [-0.39, 0.29) is 6.42 Å². The van der Waals surface area contributed by atoms with Crippen LogP contribution in [0, 0.1) is 11.3 Å². The molecule has 108 valence electrons. The number of amides is 1. The van der Waals surface area contributed by atoms with Crippen molar-refractivity contribution in [3.8, 4) is 6.07 Å². The lowest BCUT2D eigenvalue weighted by Crippen LogP contribution is -2.47. The average Bonchev–Trinajstić information content (AvgIpc) is 2.51. The fourth-order valence-electron chi connectivity index (χ4n) is 2.12. The van der Waals surface area contributed by atoms with E-state index < -0.39 is 42.6 Å². The lowest BCUT2D eigenvalue weighted by Gasteiger charge is -2.31. The number of likely N-dealkylation sites (tertiary alicyclic amines) is 1. The summed E-state index contributed by atoms with van der Waals surface area (Å²) in [6, 6.07) is -0.000907. The highest BCUT2D eigenvalue weighted by molar-refractivity contribution is 5.70. The number of hydrogen-bond donors (Lipinski definition) is 3. The number of aliphatic hydroxyl groups is 3. The molecule has 0 unspecified atom stereocenters. The molecule has 1 aliphatic rings. The van der Waals surface area contributed by atoms with Crippen LogP contribution in [0.3, 0.4) is 0 Å². The number of rotatable bonds is 2. The zero-order valence-corrected chi connectivity index (χ0v) is 11.3. The second kappa shape index (κ2) is 5.74. The third-order valence-corrected chi connectivity index (χ3v) is 2.94. The molecule has 7 heteroatoms. The summed E-state index contributed by atoms with van der Waals surface area (Å²) < 4.78 is 5.17. The molecular weight excluding hydrogens is 252 g/mol. The first-order valence-electron chi connectivity index (χ1n) is 6.08. The molecule has 1 heterocycles. The van der Waals surface area contributed by atoms with E-state index in [0.29, 0.717) is 0 Å². The van der Waals surface area contributed by atoms with Crippen LogP contribution in [0.15, 0.2) is 0 Å². The van der Waals surface area contributed by atoms with Crippen LogP contribution in [0.1, 0.15) is 27.2 Å². The highest BCUT2D eigenvalue weighted by Gasteiger charge is 2.50. The van der Waals surface area contributed by atoms with Gasteiger partial charge in [0, 0.05) is 0 Å². The van der Waals surface area contributed by atoms with E-state index in [9.17, 15) is 20.1 Å². The van der Waals surface area contributed by atoms with E-state index in [1.165, 1.54) is 0 Å². The fraction of sp³-hybridized carbons (Fsp3) is 0.833. The van der Waals surface area contributed by atoms with E-state index in [1.54, 1.807) is 20.8 Å². The average molecular weight is 272 g/mol. The van der Waals surface area contributed by atoms with Gasteiger partial charge in [0.05, 0.1) is 31.2 Å². The number of ether oxygens (including phenoxy) is 1. The van der Waals surface area contributed by atoms with Gasteiger partial charge in [-0.15, -0.1) is 0 Å². The van der Waals surface area contributed by atoms with Gasteiger partial charge in [-0.25, -0.2) is 4.79 Å². The molecule has 1 aliphatic heterocycles. The second-order valence-electron chi connectivity index (χ2n) is 5.55. The van der Waals surface area contributed by atoms with Crippen molar-refractivity contribution in [2.75, 3.05) is 6.61 Å². The van der Waals surface area contributed by atoms with Crippen molar-refractivity contribution in [1.29, 1.82) is 5.26 Å². The van der Waals surface area contributed by atoms with Crippen LogP contribution in [0.4, 0.5) is 4.79 Å². The van der Waals surface area contributed by atoms with Crippen molar-refractivity contribution in [2.45, 2.75) is 57.1 Å². The number of hydrogen-bond acceptors (Lipinski definition) is 6. The Morgan fingerprint density at radius 2 is 1.84 bits per heavy atom. The molecule has 3 N–H and O–H groups in total. The van der Waals surface area contributed by atoms with Gasteiger partial charge in [0.15, 0.2) is 0 Å². The minimum Gasteiger partial charge on any atom is -0.444 e. The Bertz CT molecular complexity index is 373. The summed E-state index contributed by atoms with van der Waals surface area (Å²) in [5, 5.41) is 37.6. The maximum Gasteiger partial charge on any atom is 0.411 e. The van der Waals surface area contributed by atoms with Gasteiger partial charge in [-0.1, -0.05) is 0 Å². The molecule has 1 rings (SSSR count). The number of aliphatic hydroxyl groups excluding tert-OH is 3. The number of carbonyl (C=O) groups excluding carboxylic acids is 1. The van der Waals surface area contributed by atoms with Gasteiger partial charge in [-0.2, -0.15) is 5.26 Å². The number of carbonyl (C=O) groups is 1. The first-order chi connectivity index (χ1) is 8.72. The molecule has 0 aromatic rings. The smallest absolute Gasteiger partial charge is 0.411 e. The largest absolute Gasteiger partial charge is 0.444 e. The molecule has 7 nitrogen and oxygen atoms in total. The summed E-state index contributed by atoms with van der Waals surface area (Å²) >= 11 is 0. The lowest BCUT2D eigenvalue weighted by molar-refractivity contribution is -0.000494. The zero-order chi connectivity index (χ0) is 14.8. The van der Waals surface area contributed by atoms with Crippen LogP contribution in [-0.2, 0) is 4.74 Å². The summed E-state index contributed by atoms with van der Waals surface area (Å²) in [5.74, 6) is 0. The predicted octanol–water partition coefficient (Wildman–Crippen LogP) is -0.398. The standard InChI is InChI=1S/C12H20N2O5/c1-12(2,3)19-11(18)14-7(4-5-13)9(16)10(17)8(14)6-15/h7-10,15-17H,4,6H2,1-3H3/t7-,8+,9-,10+/m0/s1. The number of nitrogens with zero attached hydrogens (tertiary/aromatic N) is 2. The SMILES string of the molecule is CC(C)(C)OC(=O)N1[C@H](CO)[C@@H](O)[C@@H](O)[C@@H]1CC#N. The van der Waals surface area contributed by atoms with Crippen LogP contribution < -0.4 is 0 Å². The van der Waals surface area contributed by atoms with Crippen molar-refractivity contribution >= 4 is 6.09 Å². The van der Waals surface area contributed by atoms with Gasteiger partial charge in [0.25, 0.3) is 0 Å². The maximum absolute atomic E-state index is 12.1. The first kappa shape index (κ1) is 15.7. The summed E-state index contributed by atoms with van der Waals surface area (Å²) in [4.78, 5) is 13.1. The summed E-state index contributed by atoms with van der Waals surface area (Å²) in [6.45, 7) is 4.53. The van der Waals surface area contributed by atoms with Crippen molar-refractivity contribution in [2.24, 2.45) is 0 Å². The predicted molar refractivity (Wildman–Crippen MR) is 65.0 cm³/mol. The van der Waals surface area contributed by atoms with Crippen LogP contribution in [0.5, 0.6) is 0 Å². The Morgan fingerprint density at radius 3 is 2.26 bits per heavy atom. The van der Waals surface area contributed by atoms with Gasteiger partial charge in [-0.05, 0) is 20.8 Å². The Hall–Kier alpha value is -1.36. The van der Waals surface area contributed by atoms with Crippen LogP contribution >= 0.6 is 0 Å². The molecule has 0 radical (unpaired) electrons. The van der Waals surface area contributed by atoms with Gasteiger partial charge >= 0.3 is 6.09 Å². The second-order valence-corrected chi connectivity index (χ2v) is 5.55. The van der Waals surface area contributed by atoms with Crippen molar-refractivity contribution in [3.63, 3.8) is 0 Å². The fourth-order valence-corrected chi connectivity index (χ4v) is 2.12. The van der Waals surface area contributed by atoms with Gasteiger partial charge in [0.1, 0.15) is 17.8 Å². The van der Waals surface area contributed by atoms with E-state index in [2.05, 4.69) is 0 Å². The molecule has 0 saturated carbocycles. The summed E-state index contributed by atoms with van der Waals surface area (Å²) in [7, 11) is 0. The summed E-state index contributed by atoms with van der Waals surface area (Å²) in [6.07, 6.45) is -3.48. The first-order valence-corrected chi connectivity index (χ1v) is 6.08. The Morgan fingerprint density at radius 1 is 1.32 bits per heavy atom. The lowest BCUT2D eigenvalue weighted by atomic mass is 10.1. The summed E-state index contributed by atoms with van der Waals surface area (Å²) in [5.41, 5.74) is -0.743.